The first-order chi connectivity index (χ1) is 10.1. The van der Waals surface area contributed by atoms with Crippen LogP contribution in [0.15, 0.2) is 46.9 Å². The Bertz CT molecular complexity index is 646. The molecule has 0 bridgehead atoms. The van der Waals surface area contributed by atoms with Crippen LogP contribution in [0, 0.1) is 5.82 Å². The van der Waals surface area contributed by atoms with E-state index in [1.165, 1.54) is 19.2 Å². The second-order valence-corrected chi connectivity index (χ2v) is 5.34. The van der Waals surface area contributed by atoms with Crippen molar-refractivity contribution in [1.29, 1.82) is 0 Å². The maximum Gasteiger partial charge on any atom is 0.338 e. The molecule has 3 nitrogen and oxygen atoms in total. The molecule has 0 heterocycles. The molecule has 0 radical (unpaired) electrons. The van der Waals surface area contributed by atoms with Gasteiger partial charge in [0.15, 0.2) is 0 Å². The lowest BCUT2D eigenvalue weighted by molar-refractivity contribution is 0.0599. The Morgan fingerprint density at radius 3 is 2.67 bits per heavy atom. The largest absolute Gasteiger partial charge is 0.465 e. The number of ether oxygens (including phenoxy) is 1. The number of carbonyl (C=O) groups excluding carboxylic acids is 1. The van der Waals surface area contributed by atoms with E-state index in [-0.39, 0.29) is 11.8 Å². The van der Waals surface area contributed by atoms with Gasteiger partial charge in [0.05, 0.1) is 12.7 Å². The fraction of sp³-hybridized carbons (Fsp3) is 0.188. The van der Waals surface area contributed by atoms with Gasteiger partial charge in [-0.2, -0.15) is 0 Å². The summed E-state index contributed by atoms with van der Waals surface area (Å²) in [5.41, 5.74) is 2.20. The number of esters is 1. The van der Waals surface area contributed by atoms with E-state index in [0.717, 1.165) is 15.6 Å². The predicted molar refractivity (Wildman–Crippen MR) is 82.4 cm³/mol. The van der Waals surface area contributed by atoms with Crippen LogP contribution in [0.3, 0.4) is 0 Å². The molecule has 5 heteroatoms. The first kappa shape index (κ1) is 15.7. The van der Waals surface area contributed by atoms with E-state index in [0.29, 0.717) is 18.7 Å². The zero-order valence-corrected chi connectivity index (χ0v) is 13.1. The van der Waals surface area contributed by atoms with Crippen molar-refractivity contribution in [2.24, 2.45) is 0 Å². The Morgan fingerprint density at radius 2 is 1.90 bits per heavy atom. The van der Waals surface area contributed by atoms with E-state index in [9.17, 15) is 9.18 Å². The first-order valence-electron chi connectivity index (χ1n) is 6.42. The number of carbonyl (C=O) groups is 1. The average molecular weight is 352 g/mol. The van der Waals surface area contributed by atoms with Gasteiger partial charge in [0.25, 0.3) is 0 Å². The van der Waals surface area contributed by atoms with Gasteiger partial charge in [-0.05, 0) is 35.4 Å². The molecule has 0 spiro atoms. The standard InChI is InChI=1S/C16H15BrFNO2/c1-21-16(20)14-5-3-2-4-11(14)9-19-10-12-8-13(18)6-7-15(12)17/h2-8,19H,9-10H2,1H3. The quantitative estimate of drug-likeness (QED) is 0.835. The topological polar surface area (TPSA) is 38.3 Å². The van der Waals surface area contributed by atoms with E-state index in [1.54, 1.807) is 18.2 Å². The van der Waals surface area contributed by atoms with Crippen molar-refractivity contribution in [2.45, 2.75) is 13.1 Å². The zero-order valence-electron chi connectivity index (χ0n) is 11.5. The number of halogens is 2. The van der Waals surface area contributed by atoms with Gasteiger partial charge in [0, 0.05) is 17.6 Å². The Morgan fingerprint density at radius 1 is 1.19 bits per heavy atom. The summed E-state index contributed by atoms with van der Waals surface area (Å²) in [4.78, 5) is 11.7. The SMILES string of the molecule is COC(=O)c1ccccc1CNCc1cc(F)ccc1Br. The lowest BCUT2D eigenvalue weighted by Crippen LogP contribution is -2.16. The highest BCUT2D eigenvalue weighted by Gasteiger charge is 2.10. The van der Waals surface area contributed by atoms with Crippen molar-refractivity contribution in [3.63, 3.8) is 0 Å². The van der Waals surface area contributed by atoms with Crippen LogP contribution < -0.4 is 5.32 Å². The van der Waals surface area contributed by atoms with Gasteiger partial charge in [-0.1, -0.05) is 34.1 Å². The summed E-state index contributed by atoms with van der Waals surface area (Å²) in [6.07, 6.45) is 0. The summed E-state index contributed by atoms with van der Waals surface area (Å²) in [5, 5.41) is 3.20. The smallest absolute Gasteiger partial charge is 0.338 e. The van der Waals surface area contributed by atoms with Crippen LogP contribution >= 0.6 is 15.9 Å². The number of nitrogens with one attached hydrogen (secondary N) is 1. The van der Waals surface area contributed by atoms with Gasteiger partial charge in [-0.15, -0.1) is 0 Å². The maximum atomic E-state index is 13.2. The Labute approximate surface area is 131 Å². The monoisotopic (exact) mass is 351 g/mol. The molecule has 2 rings (SSSR count). The van der Waals surface area contributed by atoms with Crippen molar-refractivity contribution in [2.75, 3.05) is 7.11 Å². The molecule has 0 aliphatic heterocycles. The molecule has 110 valence electrons. The highest BCUT2D eigenvalue weighted by Crippen LogP contribution is 2.18. The van der Waals surface area contributed by atoms with Gasteiger partial charge >= 0.3 is 5.97 Å². The molecule has 0 amide bonds. The summed E-state index contributed by atoms with van der Waals surface area (Å²) < 4.78 is 18.8. The van der Waals surface area contributed by atoms with Crippen LogP contribution in [-0.4, -0.2) is 13.1 Å². The Hall–Kier alpha value is -1.72. The summed E-state index contributed by atoms with van der Waals surface area (Å²) in [6.45, 7) is 0.988. The van der Waals surface area contributed by atoms with E-state index in [1.807, 2.05) is 12.1 Å². The molecule has 1 N–H and O–H groups in total. The molecule has 0 aliphatic carbocycles. The third kappa shape index (κ3) is 4.12. The van der Waals surface area contributed by atoms with Crippen LogP contribution in [0.5, 0.6) is 0 Å². The van der Waals surface area contributed by atoms with Crippen molar-refractivity contribution in [3.05, 3.63) is 69.4 Å². The lowest BCUT2D eigenvalue weighted by atomic mass is 10.1. The number of benzene rings is 2. The van der Waals surface area contributed by atoms with E-state index < -0.39 is 0 Å². The average Bonchev–Trinajstić information content (AvgIpc) is 2.50. The summed E-state index contributed by atoms with van der Waals surface area (Å²) in [7, 11) is 1.36. The third-order valence-electron chi connectivity index (χ3n) is 3.06. The molecule has 0 fully saturated rings. The predicted octanol–water partition coefficient (Wildman–Crippen LogP) is 3.66. The minimum Gasteiger partial charge on any atom is -0.465 e. The maximum absolute atomic E-state index is 13.2. The zero-order chi connectivity index (χ0) is 15.2. The normalized spacial score (nSPS) is 10.4. The molecular formula is C16H15BrFNO2. The molecule has 2 aromatic carbocycles. The van der Waals surface area contributed by atoms with Crippen molar-refractivity contribution >= 4 is 21.9 Å². The van der Waals surface area contributed by atoms with E-state index in [4.69, 9.17) is 4.74 Å². The molecule has 0 unspecified atom stereocenters. The first-order valence-corrected chi connectivity index (χ1v) is 7.22. The minimum atomic E-state index is -0.362. The molecule has 0 aliphatic rings. The molecule has 0 saturated carbocycles. The summed E-state index contributed by atoms with van der Waals surface area (Å²) in [5.74, 6) is -0.635. The van der Waals surface area contributed by atoms with Gasteiger partial charge in [-0.3, -0.25) is 0 Å². The van der Waals surface area contributed by atoms with Gasteiger partial charge in [0.2, 0.25) is 0 Å². The summed E-state index contributed by atoms with van der Waals surface area (Å²) >= 11 is 3.38. The Kier molecular flexibility index (Phi) is 5.47. The van der Waals surface area contributed by atoms with E-state index in [2.05, 4.69) is 21.2 Å². The second-order valence-electron chi connectivity index (χ2n) is 4.49. The highest BCUT2D eigenvalue weighted by atomic mass is 79.9. The van der Waals surface area contributed by atoms with Crippen LogP contribution in [0.25, 0.3) is 0 Å². The van der Waals surface area contributed by atoms with Crippen molar-refractivity contribution in [1.82, 2.24) is 5.32 Å². The van der Waals surface area contributed by atoms with Crippen LogP contribution in [0.2, 0.25) is 0 Å². The molecule has 2 aromatic rings. The summed E-state index contributed by atoms with van der Waals surface area (Å²) in [6, 6.07) is 11.8. The van der Waals surface area contributed by atoms with Crippen LogP contribution in [-0.2, 0) is 17.8 Å². The molecule has 21 heavy (non-hydrogen) atoms. The number of rotatable bonds is 5. The fourth-order valence-corrected chi connectivity index (χ4v) is 2.38. The van der Waals surface area contributed by atoms with Gasteiger partial charge < -0.3 is 10.1 Å². The van der Waals surface area contributed by atoms with Crippen LogP contribution in [0.4, 0.5) is 4.39 Å². The molecular weight excluding hydrogens is 337 g/mol. The third-order valence-corrected chi connectivity index (χ3v) is 3.83. The molecule has 0 saturated heterocycles. The number of hydrogen-bond acceptors (Lipinski definition) is 3. The Balaban J connectivity index is 2.04. The minimum absolute atomic E-state index is 0.273. The van der Waals surface area contributed by atoms with E-state index >= 15 is 0 Å². The second kappa shape index (κ2) is 7.33. The van der Waals surface area contributed by atoms with Crippen molar-refractivity contribution < 1.29 is 13.9 Å². The van der Waals surface area contributed by atoms with Gasteiger partial charge in [-0.25, -0.2) is 9.18 Å². The number of hydrogen-bond donors (Lipinski definition) is 1. The molecule has 0 aromatic heterocycles. The van der Waals surface area contributed by atoms with Crippen molar-refractivity contribution in [3.8, 4) is 0 Å². The molecule has 0 atom stereocenters. The highest BCUT2D eigenvalue weighted by molar-refractivity contribution is 9.10. The lowest BCUT2D eigenvalue weighted by Gasteiger charge is -2.10. The number of methoxy groups -OCH3 is 1. The van der Waals surface area contributed by atoms with Crippen LogP contribution in [0.1, 0.15) is 21.5 Å². The van der Waals surface area contributed by atoms with Gasteiger partial charge in [0.1, 0.15) is 5.82 Å². The fourth-order valence-electron chi connectivity index (χ4n) is 1.99.